The minimum absolute atomic E-state index is 0.132. The topological polar surface area (TPSA) is 72.8 Å². The Labute approximate surface area is 134 Å². The fraction of sp³-hybridized carbons (Fsp3) is 0.222. The molecular weight excluding hydrogens is 296 g/mol. The number of aromatic carboxylic acids is 1. The molecule has 5 nitrogen and oxygen atoms in total. The summed E-state index contributed by atoms with van der Waals surface area (Å²) in [6, 6.07) is 13.1. The number of benzene rings is 2. The van der Waals surface area contributed by atoms with Crippen LogP contribution < -0.4 is 9.47 Å². The van der Waals surface area contributed by atoms with Crippen LogP contribution in [0.3, 0.4) is 0 Å². The van der Waals surface area contributed by atoms with Gasteiger partial charge in [-0.25, -0.2) is 9.59 Å². The number of aryl methyl sites for hydroxylation is 1. The minimum Gasteiger partial charge on any atom is -0.479 e. The van der Waals surface area contributed by atoms with E-state index in [9.17, 15) is 9.59 Å². The molecule has 0 heterocycles. The minimum atomic E-state index is -1.03. The molecule has 0 spiro atoms. The summed E-state index contributed by atoms with van der Waals surface area (Å²) in [7, 11) is 0. The van der Waals surface area contributed by atoms with Crippen molar-refractivity contribution in [2.24, 2.45) is 0 Å². The molecule has 0 aromatic heterocycles. The lowest BCUT2D eigenvalue weighted by Crippen LogP contribution is -2.30. The summed E-state index contributed by atoms with van der Waals surface area (Å²) in [5.74, 6) is -0.667. The average molecular weight is 314 g/mol. The molecule has 0 aliphatic rings. The molecule has 0 aliphatic heterocycles. The Balaban J connectivity index is 2.01. The molecule has 0 fully saturated rings. The van der Waals surface area contributed by atoms with E-state index in [4.69, 9.17) is 14.6 Å². The standard InChI is InChI=1S/C18H18O5/c1-3-16(22-14-8-4-12(2)5-9-14)18(21)23-15-10-6-13(7-11-15)17(19)20/h4-11,16H,3H2,1-2H3,(H,19,20). The van der Waals surface area contributed by atoms with Gasteiger partial charge in [-0.2, -0.15) is 0 Å². The Bertz CT molecular complexity index is 674. The van der Waals surface area contributed by atoms with Crippen LogP contribution in [0.25, 0.3) is 0 Å². The Morgan fingerprint density at radius 2 is 1.57 bits per heavy atom. The zero-order valence-electron chi connectivity index (χ0n) is 13.0. The van der Waals surface area contributed by atoms with Gasteiger partial charge in [-0.3, -0.25) is 0 Å². The van der Waals surface area contributed by atoms with E-state index in [-0.39, 0.29) is 11.3 Å². The molecule has 0 amide bonds. The van der Waals surface area contributed by atoms with Crippen molar-refractivity contribution in [3.05, 3.63) is 59.7 Å². The summed E-state index contributed by atoms with van der Waals surface area (Å²) in [5, 5.41) is 8.84. The zero-order valence-corrected chi connectivity index (χ0v) is 13.0. The quantitative estimate of drug-likeness (QED) is 0.653. The highest BCUT2D eigenvalue weighted by Gasteiger charge is 2.21. The number of esters is 1. The fourth-order valence-electron chi connectivity index (χ4n) is 1.93. The third-order valence-corrected chi connectivity index (χ3v) is 3.25. The van der Waals surface area contributed by atoms with E-state index in [0.717, 1.165) is 5.56 Å². The second kappa shape index (κ2) is 7.45. The lowest BCUT2D eigenvalue weighted by molar-refractivity contribution is -0.142. The number of hydrogen-bond donors (Lipinski definition) is 1. The van der Waals surface area contributed by atoms with Crippen molar-refractivity contribution in [3.63, 3.8) is 0 Å². The smallest absolute Gasteiger partial charge is 0.352 e. The average Bonchev–Trinajstić information content (AvgIpc) is 2.54. The first-order valence-corrected chi connectivity index (χ1v) is 7.28. The highest BCUT2D eigenvalue weighted by molar-refractivity contribution is 5.87. The van der Waals surface area contributed by atoms with Crippen molar-refractivity contribution in [3.8, 4) is 11.5 Å². The SMILES string of the molecule is CCC(Oc1ccc(C)cc1)C(=O)Oc1ccc(C(=O)O)cc1. The van der Waals surface area contributed by atoms with Crippen LogP contribution in [0.5, 0.6) is 11.5 Å². The molecule has 0 bridgehead atoms. The summed E-state index contributed by atoms with van der Waals surface area (Å²) in [6.07, 6.45) is -0.267. The largest absolute Gasteiger partial charge is 0.479 e. The van der Waals surface area contributed by atoms with Gasteiger partial charge in [0.15, 0.2) is 6.10 Å². The second-order valence-electron chi connectivity index (χ2n) is 5.08. The summed E-state index contributed by atoms with van der Waals surface area (Å²) in [4.78, 5) is 23.0. The van der Waals surface area contributed by atoms with Crippen molar-refractivity contribution >= 4 is 11.9 Å². The van der Waals surface area contributed by atoms with Crippen LogP contribution in [-0.4, -0.2) is 23.1 Å². The van der Waals surface area contributed by atoms with Gasteiger partial charge in [0.05, 0.1) is 5.56 Å². The van der Waals surface area contributed by atoms with E-state index in [0.29, 0.717) is 12.2 Å². The molecule has 1 N–H and O–H groups in total. The molecule has 0 aliphatic carbocycles. The van der Waals surface area contributed by atoms with E-state index >= 15 is 0 Å². The number of hydrogen-bond acceptors (Lipinski definition) is 4. The van der Waals surface area contributed by atoms with E-state index in [1.165, 1.54) is 24.3 Å². The van der Waals surface area contributed by atoms with Crippen molar-refractivity contribution in [2.75, 3.05) is 0 Å². The van der Waals surface area contributed by atoms with Crippen molar-refractivity contribution in [1.29, 1.82) is 0 Å². The zero-order chi connectivity index (χ0) is 16.8. The molecule has 0 saturated carbocycles. The molecule has 120 valence electrons. The third-order valence-electron chi connectivity index (χ3n) is 3.25. The van der Waals surface area contributed by atoms with Crippen LogP contribution in [0, 0.1) is 6.92 Å². The van der Waals surface area contributed by atoms with Crippen LogP contribution in [-0.2, 0) is 4.79 Å². The molecule has 5 heteroatoms. The Morgan fingerprint density at radius 1 is 1.00 bits per heavy atom. The Morgan fingerprint density at radius 3 is 2.09 bits per heavy atom. The third kappa shape index (κ3) is 4.57. The highest BCUT2D eigenvalue weighted by Crippen LogP contribution is 2.17. The summed E-state index contributed by atoms with van der Waals surface area (Å²) in [6.45, 7) is 3.80. The molecule has 2 aromatic carbocycles. The van der Waals surface area contributed by atoms with Gasteiger partial charge >= 0.3 is 11.9 Å². The number of ether oxygens (including phenoxy) is 2. The predicted molar refractivity (Wildman–Crippen MR) is 84.9 cm³/mol. The summed E-state index contributed by atoms with van der Waals surface area (Å²) in [5.41, 5.74) is 1.24. The van der Waals surface area contributed by atoms with Gasteiger partial charge in [0.25, 0.3) is 0 Å². The number of carbonyl (C=O) groups excluding carboxylic acids is 1. The molecule has 0 radical (unpaired) electrons. The maximum Gasteiger partial charge on any atom is 0.352 e. The molecule has 1 atom stereocenters. The molecule has 1 unspecified atom stereocenters. The number of carbonyl (C=O) groups is 2. The monoisotopic (exact) mass is 314 g/mol. The van der Waals surface area contributed by atoms with Gasteiger partial charge < -0.3 is 14.6 Å². The first kappa shape index (κ1) is 16.5. The number of carboxylic acid groups (broad SMARTS) is 1. The molecular formula is C18H18O5. The maximum absolute atomic E-state index is 12.2. The predicted octanol–water partition coefficient (Wildman–Crippen LogP) is 3.46. The van der Waals surface area contributed by atoms with Crippen LogP contribution in [0.4, 0.5) is 0 Å². The fourth-order valence-corrected chi connectivity index (χ4v) is 1.93. The summed E-state index contributed by atoms with van der Waals surface area (Å²) < 4.78 is 10.9. The Hall–Kier alpha value is -2.82. The number of rotatable bonds is 6. The van der Waals surface area contributed by atoms with Gasteiger partial charge in [-0.05, 0) is 49.7 Å². The van der Waals surface area contributed by atoms with Gasteiger partial charge in [-0.1, -0.05) is 24.6 Å². The van der Waals surface area contributed by atoms with E-state index < -0.39 is 18.0 Å². The second-order valence-corrected chi connectivity index (χ2v) is 5.08. The Kier molecular flexibility index (Phi) is 5.36. The van der Waals surface area contributed by atoms with E-state index in [2.05, 4.69) is 0 Å². The lowest BCUT2D eigenvalue weighted by Gasteiger charge is -2.16. The lowest BCUT2D eigenvalue weighted by atomic mass is 10.2. The first-order valence-electron chi connectivity index (χ1n) is 7.28. The maximum atomic E-state index is 12.2. The van der Waals surface area contributed by atoms with Crippen molar-refractivity contribution in [1.82, 2.24) is 0 Å². The van der Waals surface area contributed by atoms with Crippen molar-refractivity contribution in [2.45, 2.75) is 26.4 Å². The molecule has 23 heavy (non-hydrogen) atoms. The first-order chi connectivity index (χ1) is 11.0. The van der Waals surface area contributed by atoms with Gasteiger partial charge in [0.1, 0.15) is 11.5 Å². The van der Waals surface area contributed by atoms with E-state index in [1.54, 1.807) is 12.1 Å². The van der Waals surface area contributed by atoms with Crippen molar-refractivity contribution < 1.29 is 24.2 Å². The number of carboxylic acids is 1. The van der Waals surface area contributed by atoms with E-state index in [1.807, 2.05) is 26.0 Å². The molecule has 2 aromatic rings. The van der Waals surface area contributed by atoms with Gasteiger partial charge in [0, 0.05) is 0 Å². The molecule has 0 saturated heterocycles. The van der Waals surface area contributed by atoms with Crippen LogP contribution in [0.2, 0.25) is 0 Å². The normalized spacial score (nSPS) is 11.6. The molecule has 2 rings (SSSR count). The van der Waals surface area contributed by atoms with Gasteiger partial charge in [0.2, 0.25) is 0 Å². The summed E-state index contributed by atoms with van der Waals surface area (Å²) >= 11 is 0. The highest BCUT2D eigenvalue weighted by atomic mass is 16.6. The van der Waals surface area contributed by atoms with Gasteiger partial charge in [-0.15, -0.1) is 0 Å². The van der Waals surface area contributed by atoms with Crippen LogP contribution in [0.15, 0.2) is 48.5 Å². The van der Waals surface area contributed by atoms with Crippen LogP contribution >= 0.6 is 0 Å². The van der Waals surface area contributed by atoms with Crippen LogP contribution in [0.1, 0.15) is 29.3 Å².